The molecule has 0 radical (unpaired) electrons. The Hall–Kier alpha value is -1.57. The van der Waals surface area contributed by atoms with E-state index in [0.29, 0.717) is 0 Å². The van der Waals surface area contributed by atoms with E-state index >= 15 is 0 Å². The Kier molecular flexibility index (Phi) is 3.32. The van der Waals surface area contributed by atoms with Crippen LogP contribution in [0.4, 0.5) is 0 Å². The van der Waals surface area contributed by atoms with Crippen LogP contribution >= 0.6 is 0 Å². The molecule has 0 saturated carbocycles. The van der Waals surface area contributed by atoms with Gasteiger partial charge in [-0.2, -0.15) is 0 Å². The third-order valence-corrected chi connectivity index (χ3v) is 3.72. The molecule has 1 aromatic carbocycles. The Morgan fingerprint density at radius 2 is 2.24 bits per heavy atom. The fourth-order valence-corrected chi connectivity index (χ4v) is 2.49. The summed E-state index contributed by atoms with van der Waals surface area (Å²) in [5, 5.41) is 0. The van der Waals surface area contributed by atoms with Gasteiger partial charge in [-0.25, -0.2) is 0 Å². The number of carbonyl (C=O) groups is 1. The second-order valence-electron chi connectivity index (χ2n) is 4.73. The van der Waals surface area contributed by atoms with E-state index in [1.807, 2.05) is 0 Å². The van der Waals surface area contributed by atoms with Gasteiger partial charge in [-0.3, -0.25) is 0 Å². The van der Waals surface area contributed by atoms with Gasteiger partial charge in [0.05, 0.1) is 6.04 Å². The van der Waals surface area contributed by atoms with E-state index in [-0.39, 0.29) is 6.04 Å². The smallest absolute Gasteiger partial charge is 0.142 e. The molecule has 1 atom stereocenters. The summed E-state index contributed by atoms with van der Waals surface area (Å²) in [6.45, 7) is 9.33. The van der Waals surface area contributed by atoms with Gasteiger partial charge in [0.15, 0.2) is 0 Å². The predicted octanol–water partition coefficient (Wildman–Crippen LogP) is 2.94. The molecule has 1 fully saturated rings. The molecular weight excluding hydrogens is 210 g/mol. The highest BCUT2D eigenvalue weighted by molar-refractivity contribution is 5.70. The summed E-state index contributed by atoms with van der Waals surface area (Å²) in [5.41, 5.74) is 4.68. The van der Waals surface area contributed by atoms with E-state index in [9.17, 15) is 4.79 Å². The molecule has 1 aliphatic rings. The molecular formula is C15H19NO. The molecule has 0 N–H and O–H groups in total. The molecule has 2 nitrogen and oxygen atoms in total. The van der Waals surface area contributed by atoms with Crippen molar-refractivity contribution >= 4 is 12.0 Å². The molecule has 0 aliphatic carbocycles. The number of likely N-dealkylation sites (tertiary alicyclic amines) is 1. The van der Waals surface area contributed by atoms with Gasteiger partial charge in [-0.05, 0) is 37.8 Å². The number of nitrogens with zero attached hydrogens (tertiary/aromatic N) is 1. The zero-order valence-electron chi connectivity index (χ0n) is 10.6. The summed E-state index contributed by atoms with van der Waals surface area (Å²) in [5.74, 6) is 0. The maximum absolute atomic E-state index is 11.0. The Labute approximate surface area is 103 Å². The lowest BCUT2D eigenvalue weighted by atomic mass is 10.0. The fourth-order valence-electron chi connectivity index (χ4n) is 2.49. The van der Waals surface area contributed by atoms with Gasteiger partial charge >= 0.3 is 0 Å². The predicted molar refractivity (Wildman–Crippen MR) is 70.7 cm³/mol. The highest BCUT2D eigenvalue weighted by atomic mass is 16.1. The van der Waals surface area contributed by atoms with Crippen LogP contribution in [0.15, 0.2) is 24.8 Å². The minimum Gasteiger partial charge on any atom is -0.362 e. The summed E-state index contributed by atoms with van der Waals surface area (Å²) in [6, 6.07) is 6.26. The molecule has 2 heteroatoms. The lowest BCUT2D eigenvalue weighted by Gasteiger charge is -2.26. The molecule has 1 aromatic rings. The SMILES string of the molecule is C=C(c1cccc(C)c1C)N1CCCC1C=O. The molecule has 17 heavy (non-hydrogen) atoms. The van der Waals surface area contributed by atoms with Crippen LogP contribution in [0.1, 0.15) is 29.5 Å². The average Bonchev–Trinajstić information content (AvgIpc) is 2.80. The molecule has 0 amide bonds. The van der Waals surface area contributed by atoms with Gasteiger partial charge in [0, 0.05) is 17.8 Å². The lowest BCUT2D eigenvalue weighted by Crippen LogP contribution is -2.28. The van der Waals surface area contributed by atoms with Crippen molar-refractivity contribution in [2.24, 2.45) is 0 Å². The van der Waals surface area contributed by atoms with Gasteiger partial charge in [0.25, 0.3) is 0 Å². The minimum atomic E-state index is 0.0161. The van der Waals surface area contributed by atoms with Crippen molar-refractivity contribution in [1.82, 2.24) is 4.90 Å². The highest BCUT2D eigenvalue weighted by Gasteiger charge is 2.25. The number of carbonyl (C=O) groups excluding carboxylic acids is 1. The average molecular weight is 229 g/mol. The van der Waals surface area contributed by atoms with Crippen LogP contribution in [0.3, 0.4) is 0 Å². The summed E-state index contributed by atoms with van der Waals surface area (Å²) < 4.78 is 0. The Bertz CT molecular complexity index is 450. The van der Waals surface area contributed by atoms with Crippen molar-refractivity contribution in [3.8, 4) is 0 Å². The third-order valence-electron chi connectivity index (χ3n) is 3.72. The fraction of sp³-hybridized carbons (Fsp3) is 0.400. The van der Waals surface area contributed by atoms with Crippen molar-refractivity contribution in [3.63, 3.8) is 0 Å². The first kappa shape index (κ1) is 11.9. The van der Waals surface area contributed by atoms with Crippen LogP contribution in [0.25, 0.3) is 5.70 Å². The molecule has 0 bridgehead atoms. The number of aldehydes is 1. The van der Waals surface area contributed by atoms with Crippen LogP contribution in [-0.4, -0.2) is 23.8 Å². The molecule has 1 heterocycles. The molecule has 1 saturated heterocycles. The molecule has 2 rings (SSSR count). The van der Waals surface area contributed by atoms with Crippen LogP contribution in [-0.2, 0) is 4.79 Å². The number of benzene rings is 1. The molecule has 1 aliphatic heterocycles. The van der Waals surface area contributed by atoms with Crippen molar-refractivity contribution in [3.05, 3.63) is 41.5 Å². The Morgan fingerprint density at radius 3 is 2.94 bits per heavy atom. The Balaban J connectivity index is 2.31. The molecule has 0 aromatic heterocycles. The number of rotatable bonds is 3. The van der Waals surface area contributed by atoms with E-state index in [2.05, 4.69) is 43.5 Å². The van der Waals surface area contributed by atoms with Crippen molar-refractivity contribution in [1.29, 1.82) is 0 Å². The van der Waals surface area contributed by atoms with E-state index in [4.69, 9.17) is 0 Å². The van der Waals surface area contributed by atoms with Gasteiger partial charge < -0.3 is 9.69 Å². The zero-order chi connectivity index (χ0) is 12.4. The van der Waals surface area contributed by atoms with Gasteiger partial charge in [-0.15, -0.1) is 0 Å². The number of aryl methyl sites for hydroxylation is 1. The van der Waals surface area contributed by atoms with Crippen LogP contribution in [0.2, 0.25) is 0 Å². The molecule has 0 spiro atoms. The second-order valence-corrected chi connectivity index (χ2v) is 4.73. The van der Waals surface area contributed by atoms with E-state index in [1.165, 1.54) is 16.7 Å². The minimum absolute atomic E-state index is 0.0161. The van der Waals surface area contributed by atoms with Crippen molar-refractivity contribution in [2.75, 3.05) is 6.54 Å². The highest BCUT2D eigenvalue weighted by Crippen LogP contribution is 2.29. The van der Waals surface area contributed by atoms with Crippen molar-refractivity contribution < 1.29 is 4.79 Å². The summed E-state index contributed by atoms with van der Waals surface area (Å²) >= 11 is 0. The molecule has 1 unspecified atom stereocenters. The standard InChI is InChI=1S/C15H19NO/c1-11-6-4-8-15(12(11)2)13(3)16-9-5-7-14(16)10-17/h4,6,8,10,14H,3,5,7,9H2,1-2H3. The lowest BCUT2D eigenvalue weighted by molar-refractivity contribution is -0.110. The summed E-state index contributed by atoms with van der Waals surface area (Å²) in [4.78, 5) is 13.2. The largest absolute Gasteiger partial charge is 0.362 e. The molecule has 90 valence electrons. The summed E-state index contributed by atoms with van der Waals surface area (Å²) in [7, 11) is 0. The van der Waals surface area contributed by atoms with E-state index in [0.717, 1.165) is 31.4 Å². The van der Waals surface area contributed by atoms with E-state index in [1.54, 1.807) is 0 Å². The van der Waals surface area contributed by atoms with Gasteiger partial charge in [0.2, 0.25) is 0 Å². The van der Waals surface area contributed by atoms with Crippen LogP contribution in [0, 0.1) is 13.8 Å². The monoisotopic (exact) mass is 229 g/mol. The first-order chi connectivity index (χ1) is 8.15. The first-order valence-corrected chi connectivity index (χ1v) is 6.12. The van der Waals surface area contributed by atoms with Crippen LogP contribution in [0.5, 0.6) is 0 Å². The third kappa shape index (κ3) is 2.12. The summed E-state index contributed by atoms with van der Waals surface area (Å²) in [6.07, 6.45) is 3.07. The first-order valence-electron chi connectivity index (χ1n) is 6.12. The number of hydrogen-bond acceptors (Lipinski definition) is 2. The Morgan fingerprint density at radius 1 is 1.47 bits per heavy atom. The maximum Gasteiger partial charge on any atom is 0.142 e. The topological polar surface area (TPSA) is 20.3 Å². The van der Waals surface area contributed by atoms with Gasteiger partial charge in [-0.1, -0.05) is 24.8 Å². The quantitative estimate of drug-likeness (QED) is 0.743. The normalized spacial score (nSPS) is 19.4. The van der Waals surface area contributed by atoms with Crippen LogP contribution < -0.4 is 0 Å². The maximum atomic E-state index is 11.0. The van der Waals surface area contributed by atoms with Gasteiger partial charge in [0.1, 0.15) is 6.29 Å². The van der Waals surface area contributed by atoms with E-state index < -0.39 is 0 Å². The van der Waals surface area contributed by atoms with Crippen molar-refractivity contribution in [2.45, 2.75) is 32.7 Å². The number of hydrogen-bond donors (Lipinski definition) is 0. The second kappa shape index (κ2) is 4.74. The zero-order valence-corrected chi connectivity index (χ0v) is 10.6.